The maximum atomic E-state index is 5.68. The molecule has 0 N–H and O–H groups in total. The Labute approximate surface area is 129 Å². The van der Waals surface area contributed by atoms with E-state index < -0.39 is 0 Å². The zero-order valence-electron chi connectivity index (χ0n) is 13.9. The van der Waals surface area contributed by atoms with Crippen molar-refractivity contribution in [2.45, 2.75) is 27.7 Å². The summed E-state index contributed by atoms with van der Waals surface area (Å²) in [6.07, 6.45) is 9.80. The molecule has 0 aromatic carbocycles. The minimum Gasteiger partial charge on any atom is -0.493 e. The van der Waals surface area contributed by atoms with Gasteiger partial charge in [0.2, 0.25) is 0 Å². The molecule has 0 unspecified atom stereocenters. The van der Waals surface area contributed by atoms with Gasteiger partial charge in [-0.3, -0.25) is 0 Å². The third-order valence-electron chi connectivity index (χ3n) is 2.61. The summed E-state index contributed by atoms with van der Waals surface area (Å²) in [5, 5.41) is 0. The van der Waals surface area contributed by atoms with Gasteiger partial charge in [-0.25, -0.2) is 0 Å². The molecule has 21 heavy (non-hydrogen) atoms. The number of methoxy groups -OCH3 is 1. The van der Waals surface area contributed by atoms with Crippen molar-refractivity contribution in [2.24, 2.45) is 0 Å². The molecular formula is C18H28O3. The van der Waals surface area contributed by atoms with E-state index in [0.29, 0.717) is 31.3 Å². The summed E-state index contributed by atoms with van der Waals surface area (Å²) in [7, 11) is 1.62. The lowest BCUT2D eigenvalue weighted by Crippen LogP contribution is -2.08. The summed E-state index contributed by atoms with van der Waals surface area (Å²) in [5.41, 5.74) is 2.07. The molecule has 0 fully saturated rings. The van der Waals surface area contributed by atoms with E-state index in [1.807, 2.05) is 58.1 Å². The van der Waals surface area contributed by atoms with E-state index in [4.69, 9.17) is 14.2 Å². The van der Waals surface area contributed by atoms with Gasteiger partial charge in [-0.1, -0.05) is 30.4 Å². The van der Waals surface area contributed by atoms with E-state index in [2.05, 4.69) is 6.58 Å². The van der Waals surface area contributed by atoms with Crippen LogP contribution >= 0.6 is 0 Å². The van der Waals surface area contributed by atoms with E-state index in [1.165, 1.54) is 0 Å². The number of rotatable bonds is 10. The van der Waals surface area contributed by atoms with Crippen LogP contribution < -0.4 is 0 Å². The van der Waals surface area contributed by atoms with E-state index in [1.54, 1.807) is 7.11 Å². The molecule has 3 nitrogen and oxygen atoms in total. The molecule has 0 saturated heterocycles. The number of allylic oxidation sites excluding steroid dienone is 5. The molecule has 0 atom stereocenters. The quantitative estimate of drug-likeness (QED) is 0.336. The van der Waals surface area contributed by atoms with Crippen LogP contribution in [0.2, 0.25) is 0 Å². The van der Waals surface area contributed by atoms with Crippen LogP contribution in [-0.2, 0) is 14.2 Å². The van der Waals surface area contributed by atoms with Crippen molar-refractivity contribution in [1.29, 1.82) is 0 Å². The minimum atomic E-state index is 0.476. The normalized spacial score (nSPS) is 13.7. The van der Waals surface area contributed by atoms with Crippen LogP contribution in [0.1, 0.15) is 27.7 Å². The Hall–Kier alpha value is -1.74. The zero-order valence-corrected chi connectivity index (χ0v) is 13.9. The standard InChI is InChI=1S/C18H28O3/c1-7-10-16(8-2)14-20-11-12-21-17(9-3)18(19-6)13-15(4)5/h7-10,13H,4,11-12,14H2,1-3,5-6H3/b10-7-,16-8+,17-9+,18-13+. The molecule has 0 saturated carbocycles. The van der Waals surface area contributed by atoms with Crippen LogP contribution in [0.4, 0.5) is 0 Å². The molecule has 3 heteroatoms. The fraction of sp³-hybridized carbons (Fsp3) is 0.444. The molecule has 0 aromatic heterocycles. The molecule has 0 bridgehead atoms. The first-order valence-corrected chi connectivity index (χ1v) is 7.15. The smallest absolute Gasteiger partial charge is 0.160 e. The lowest BCUT2D eigenvalue weighted by Gasteiger charge is -2.13. The highest BCUT2D eigenvalue weighted by Gasteiger charge is 2.05. The van der Waals surface area contributed by atoms with Gasteiger partial charge >= 0.3 is 0 Å². The van der Waals surface area contributed by atoms with Gasteiger partial charge in [0.15, 0.2) is 11.5 Å². The molecule has 118 valence electrons. The molecule has 0 spiro atoms. The molecular weight excluding hydrogens is 264 g/mol. The van der Waals surface area contributed by atoms with Gasteiger partial charge in [-0.2, -0.15) is 0 Å². The van der Waals surface area contributed by atoms with Crippen molar-refractivity contribution < 1.29 is 14.2 Å². The second kappa shape index (κ2) is 12.0. The fourth-order valence-electron chi connectivity index (χ4n) is 1.59. The third-order valence-corrected chi connectivity index (χ3v) is 2.61. The van der Waals surface area contributed by atoms with Gasteiger partial charge in [0, 0.05) is 0 Å². The Morgan fingerprint density at radius 2 is 1.76 bits per heavy atom. The zero-order chi connectivity index (χ0) is 16.1. The van der Waals surface area contributed by atoms with Gasteiger partial charge in [-0.05, 0) is 45.4 Å². The maximum absolute atomic E-state index is 5.68. The van der Waals surface area contributed by atoms with Crippen LogP contribution in [0.25, 0.3) is 0 Å². The number of hydrogen-bond acceptors (Lipinski definition) is 3. The second-order valence-corrected chi connectivity index (χ2v) is 4.48. The third kappa shape index (κ3) is 8.92. The van der Waals surface area contributed by atoms with Crippen LogP contribution in [0.3, 0.4) is 0 Å². The first kappa shape index (κ1) is 19.3. The molecule has 0 aliphatic carbocycles. The van der Waals surface area contributed by atoms with Gasteiger partial charge < -0.3 is 14.2 Å². The molecule has 0 radical (unpaired) electrons. The Balaban J connectivity index is 4.23. The van der Waals surface area contributed by atoms with E-state index in [0.717, 1.165) is 11.1 Å². The summed E-state index contributed by atoms with van der Waals surface area (Å²) in [5.74, 6) is 1.37. The van der Waals surface area contributed by atoms with Crippen molar-refractivity contribution in [3.8, 4) is 0 Å². The summed E-state index contributed by atoms with van der Waals surface area (Å²) >= 11 is 0. The topological polar surface area (TPSA) is 27.7 Å². The molecule has 0 aliphatic rings. The van der Waals surface area contributed by atoms with E-state index >= 15 is 0 Å². The summed E-state index contributed by atoms with van der Waals surface area (Å²) < 4.78 is 16.6. The average molecular weight is 292 g/mol. The lowest BCUT2D eigenvalue weighted by atomic mass is 10.2. The predicted octanol–water partition coefficient (Wildman–Crippen LogP) is 4.55. The number of ether oxygens (including phenoxy) is 3. The average Bonchev–Trinajstić information content (AvgIpc) is 2.47. The largest absolute Gasteiger partial charge is 0.493 e. The SMILES string of the molecule is C=C(C)/C=C(OC)\C(=C/C)OCCOCC(/C=C\C)=C/C. The lowest BCUT2D eigenvalue weighted by molar-refractivity contribution is 0.0831. The van der Waals surface area contributed by atoms with Gasteiger partial charge in [0.25, 0.3) is 0 Å². The minimum absolute atomic E-state index is 0.476. The second-order valence-electron chi connectivity index (χ2n) is 4.48. The van der Waals surface area contributed by atoms with E-state index in [9.17, 15) is 0 Å². The highest BCUT2D eigenvalue weighted by atomic mass is 16.5. The van der Waals surface area contributed by atoms with E-state index in [-0.39, 0.29) is 0 Å². The van der Waals surface area contributed by atoms with Crippen LogP contribution in [0, 0.1) is 0 Å². The molecule has 0 heterocycles. The highest BCUT2D eigenvalue weighted by Crippen LogP contribution is 2.14. The summed E-state index contributed by atoms with van der Waals surface area (Å²) in [6, 6.07) is 0. The van der Waals surface area contributed by atoms with Crippen LogP contribution in [-0.4, -0.2) is 26.9 Å². The van der Waals surface area contributed by atoms with Crippen molar-refractivity contribution in [3.63, 3.8) is 0 Å². The summed E-state index contributed by atoms with van der Waals surface area (Å²) in [4.78, 5) is 0. The Morgan fingerprint density at radius 3 is 2.24 bits per heavy atom. The highest BCUT2D eigenvalue weighted by molar-refractivity contribution is 5.27. The van der Waals surface area contributed by atoms with Crippen LogP contribution in [0.15, 0.2) is 59.6 Å². The Kier molecular flexibility index (Phi) is 11.0. The Bertz CT molecular complexity index is 426. The van der Waals surface area contributed by atoms with Crippen molar-refractivity contribution in [2.75, 3.05) is 26.9 Å². The predicted molar refractivity (Wildman–Crippen MR) is 89.0 cm³/mol. The van der Waals surface area contributed by atoms with Gasteiger partial charge in [0.1, 0.15) is 6.61 Å². The maximum Gasteiger partial charge on any atom is 0.160 e. The van der Waals surface area contributed by atoms with Crippen molar-refractivity contribution >= 4 is 0 Å². The fourth-order valence-corrected chi connectivity index (χ4v) is 1.59. The first-order chi connectivity index (χ1) is 10.1. The van der Waals surface area contributed by atoms with Crippen LogP contribution in [0.5, 0.6) is 0 Å². The summed E-state index contributed by atoms with van der Waals surface area (Å²) in [6.45, 7) is 13.2. The van der Waals surface area contributed by atoms with Crippen molar-refractivity contribution in [1.82, 2.24) is 0 Å². The molecule has 0 aliphatic heterocycles. The monoisotopic (exact) mass is 292 g/mol. The molecule has 0 amide bonds. The molecule has 0 aromatic rings. The van der Waals surface area contributed by atoms with Crippen molar-refractivity contribution in [3.05, 3.63) is 59.6 Å². The number of hydrogen-bond donors (Lipinski definition) is 0. The van der Waals surface area contributed by atoms with Gasteiger partial charge in [0.05, 0.1) is 20.3 Å². The Morgan fingerprint density at radius 1 is 1.05 bits per heavy atom. The molecule has 0 rings (SSSR count). The first-order valence-electron chi connectivity index (χ1n) is 7.15. The van der Waals surface area contributed by atoms with Gasteiger partial charge in [-0.15, -0.1) is 0 Å².